The van der Waals surface area contributed by atoms with Crippen molar-refractivity contribution in [2.24, 2.45) is 0 Å². The number of methoxy groups -OCH3 is 1. The summed E-state index contributed by atoms with van der Waals surface area (Å²) in [4.78, 5) is 18.4. The van der Waals surface area contributed by atoms with Gasteiger partial charge in [0.25, 0.3) is 0 Å². The summed E-state index contributed by atoms with van der Waals surface area (Å²) in [6.45, 7) is 10.6. The zero-order valence-electron chi connectivity index (χ0n) is 18.6. The number of ether oxygens (including phenoxy) is 1. The van der Waals surface area contributed by atoms with Gasteiger partial charge < -0.3 is 24.3 Å². The van der Waals surface area contributed by atoms with Crippen molar-refractivity contribution in [1.82, 2.24) is 9.80 Å². The van der Waals surface area contributed by atoms with Crippen molar-refractivity contribution in [3.8, 4) is 0 Å². The van der Waals surface area contributed by atoms with Crippen molar-refractivity contribution in [3.05, 3.63) is 47.9 Å². The summed E-state index contributed by atoms with van der Waals surface area (Å²) in [6.07, 6.45) is 1.01. The molecule has 0 radical (unpaired) electrons. The summed E-state index contributed by atoms with van der Waals surface area (Å²) in [6, 6.07) is 11.9. The summed E-state index contributed by atoms with van der Waals surface area (Å²) in [5, 5.41) is 4.13. The van der Waals surface area contributed by atoms with Crippen molar-refractivity contribution in [2.45, 2.75) is 26.8 Å². The number of rotatable bonds is 7. The third-order valence-corrected chi connectivity index (χ3v) is 5.91. The molecular weight excluding hydrogens is 412 g/mol. The SMILES string of the molecule is CCN(CC)c1ccc(NC(=S)N2CCCN(Cc3ccc(C(=O)OC)o3)CC2)cc1. The minimum Gasteiger partial charge on any atom is -0.463 e. The second-order valence-electron chi connectivity index (χ2n) is 7.52. The number of carbonyl (C=O) groups excluding carboxylic acids is 1. The van der Waals surface area contributed by atoms with Crippen LogP contribution in [0.2, 0.25) is 0 Å². The van der Waals surface area contributed by atoms with Crippen molar-refractivity contribution in [2.75, 3.05) is 56.6 Å². The number of carbonyl (C=O) groups is 1. The number of hydrogen-bond acceptors (Lipinski definition) is 6. The molecule has 1 aliphatic heterocycles. The molecule has 2 heterocycles. The highest BCUT2D eigenvalue weighted by molar-refractivity contribution is 7.80. The molecule has 2 aromatic rings. The molecular formula is C23H32N4O3S. The molecule has 1 aromatic heterocycles. The number of nitrogens with one attached hydrogen (secondary N) is 1. The highest BCUT2D eigenvalue weighted by Gasteiger charge is 2.19. The second kappa shape index (κ2) is 11.2. The van der Waals surface area contributed by atoms with Gasteiger partial charge in [-0.2, -0.15) is 0 Å². The van der Waals surface area contributed by atoms with Gasteiger partial charge in [-0.25, -0.2) is 4.79 Å². The van der Waals surface area contributed by atoms with Gasteiger partial charge in [0.2, 0.25) is 5.76 Å². The number of nitrogens with zero attached hydrogens (tertiary/aromatic N) is 3. The van der Waals surface area contributed by atoms with Crippen molar-refractivity contribution in [1.29, 1.82) is 0 Å². The van der Waals surface area contributed by atoms with Crippen LogP contribution in [-0.4, -0.2) is 67.3 Å². The van der Waals surface area contributed by atoms with Gasteiger partial charge in [-0.3, -0.25) is 4.90 Å². The quantitative estimate of drug-likeness (QED) is 0.511. The minimum absolute atomic E-state index is 0.242. The Hall–Kier alpha value is -2.58. The first kappa shape index (κ1) is 23.1. The van der Waals surface area contributed by atoms with E-state index in [0.29, 0.717) is 6.54 Å². The van der Waals surface area contributed by atoms with Crippen LogP contribution in [0.25, 0.3) is 0 Å². The van der Waals surface area contributed by atoms with Crippen molar-refractivity contribution >= 4 is 34.7 Å². The van der Waals surface area contributed by atoms with Gasteiger partial charge in [0.1, 0.15) is 5.76 Å². The smallest absolute Gasteiger partial charge is 0.373 e. The first-order valence-electron chi connectivity index (χ1n) is 10.8. The first-order valence-corrected chi connectivity index (χ1v) is 11.2. The van der Waals surface area contributed by atoms with Crippen LogP contribution in [-0.2, 0) is 11.3 Å². The molecule has 0 spiro atoms. The summed E-state index contributed by atoms with van der Waals surface area (Å²) >= 11 is 5.68. The van der Waals surface area contributed by atoms with E-state index in [-0.39, 0.29) is 5.76 Å². The van der Waals surface area contributed by atoms with Crippen LogP contribution in [0.4, 0.5) is 11.4 Å². The van der Waals surface area contributed by atoms with Crippen LogP contribution in [0.5, 0.6) is 0 Å². The molecule has 1 N–H and O–H groups in total. The van der Waals surface area contributed by atoms with E-state index in [1.165, 1.54) is 12.8 Å². The van der Waals surface area contributed by atoms with E-state index >= 15 is 0 Å². The zero-order chi connectivity index (χ0) is 22.2. The van der Waals surface area contributed by atoms with E-state index in [9.17, 15) is 4.79 Å². The van der Waals surface area contributed by atoms with Gasteiger partial charge in [0.15, 0.2) is 5.11 Å². The van der Waals surface area contributed by atoms with Crippen molar-refractivity contribution < 1.29 is 13.9 Å². The van der Waals surface area contributed by atoms with Gasteiger partial charge in [-0.15, -0.1) is 0 Å². The summed E-state index contributed by atoms with van der Waals surface area (Å²) in [5.41, 5.74) is 2.23. The lowest BCUT2D eigenvalue weighted by molar-refractivity contribution is 0.0561. The molecule has 1 saturated heterocycles. The third-order valence-electron chi connectivity index (χ3n) is 5.55. The molecule has 7 nitrogen and oxygen atoms in total. The van der Waals surface area contributed by atoms with Crippen LogP contribution in [0.1, 0.15) is 36.6 Å². The molecule has 1 fully saturated rings. The van der Waals surface area contributed by atoms with Crippen LogP contribution in [0.15, 0.2) is 40.8 Å². The Labute approximate surface area is 189 Å². The van der Waals surface area contributed by atoms with E-state index in [0.717, 1.165) is 62.2 Å². The molecule has 0 unspecified atom stereocenters. The van der Waals surface area contributed by atoms with E-state index in [1.54, 1.807) is 6.07 Å². The van der Waals surface area contributed by atoms with E-state index < -0.39 is 5.97 Å². The fourth-order valence-electron chi connectivity index (χ4n) is 3.77. The van der Waals surface area contributed by atoms with Gasteiger partial charge in [0, 0.05) is 50.6 Å². The molecule has 1 aliphatic rings. The normalized spacial score (nSPS) is 14.7. The molecule has 0 aliphatic carbocycles. The van der Waals surface area contributed by atoms with E-state index in [2.05, 4.69) is 58.1 Å². The second-order valence-corrected chi connectivity index (χ2v) is 7.91. The van der Waals surface area contributed by atoms with Gasteiger partial charge in [0.05, 0.1) is 13.7 Å². The maximum absolute atomic E-state index is 11.6. The minimum atomic E-state index is -0.449. The van der Waals surface area contributed by atoms with Crippen LogP contribution >= 0.6 is 12.2 Å². The first-order chi connectivity index (χ1) is 15.0. The Morgan fingerprint density at radius 2 is 1.84 bits per heavy atom. The predicted octanol–water partition coefficient (Wildman–Crippen LogP) is 3.82. The predicted molar refractivity (Wildman–Crippen MR) is 128 cm³/mol. The number of furan rings is 1. The van der Waals surface area contributed by atoms with Gasteiger partial charge >= 0.3 is 5.97 Å². The lowest BCUT2D eigenvalue weighted by atomic mass is 10.2. The number of esters is 1. The molecule has 3 rings (SSSR count). The fourth-order valence-corrected chi connectivity index (χ4v) is 4.07. The van der Waals surface area contributed by atoms with Gasteiger partial charge in [-0.05, 0) is 68.9 Å². The zero-order valence-corrected chi connectivity index (χ0v) is 19.4. The standard InChI is InChI=1S/C23H32N4O3S/c1-4-26(5-2)19-9-7-18(8-10-19)24-23(31)27-14-6-13-25(15-16-27)17-20-11-12-21(30-20)22(28)29-3/h7-12H,4-6,13-17H2,1-3H3,(H,24,31). The van der Waals surface area contributed by atoms with Crippen LogP contribution in [0, 0.1) is 0 Å². The molecule has 168 valence electrons. The molecule has 0 atom stereocenters. The lowest BCUT2D eigenvalue weighted by Gasteiger charge is -2.25. The van der Waals surface area contributed by atoms with E-state index in [1.807, 2.05) is 6.07 Å². The summed E-state index contributed by atoms with van der Waals surface area (Å²) in [5.74, 6) is 0.559. The molecule has 31 heavy (non-hydrogen) atoms. The van der Waals surface area contributed by atoms with Crippen molar-refractivity contribution in [3.63, 3.8) is 0 Å². The average Bonchev–Trinajstić information content (AvgIpc) is 3.12. The van der Waals surface area contributed by atoms with Gasteiger partial charge in [-0.1, -0.05) is 0 Å². The number of hydrogen-bond donors (Lipinski definition) is 1. The highest BCUT2D eigenvalue weighted by Crippen LogP contribution is 2.19. The fraction of sp³-hybridized carbons (Fsp3) is 0.478. The maximum atomic E-state index is 11.6. The Bertz CT molecular complexity index is 864. The molecule has 1 aromatic carbocycles. The number of anilines is 2. The molecule has 0 bridgehead atoms. The topological polar surface area (TPSA) is 61.2 Å². The third kappa shape index (κ3) is 6.21. The molecule has 8 heteroatoms. The Morgan fingerprint density at radius 3 is 2.52 bits per heavy atom. The van der Waals surface area contributed by atoms with E-state index in [4.69, 9.17) is 21.4 Å². The Balaban J connectivity index is 1.51. The molecule has 0 amide bonds. The maximum Gasteiger partial charge on any atom is 0.373 e. The number of thiocarbonyl (C=S) groups is 1. The highest BCUT2D eigenvalue weighted by atomic mass is 32.1. The Kier molecular flexibility index (Phi) is 8.31. The van der Waals surface area contributed by atoms with Crippen LogP contribution < -0.4 is 10.2 Å². The Morgan fingerprint density at radius 1 is 1.10 bits per heavy atom. The summed E-state index contributed by atoms with van der Waals surface area (Å²) in [7, 11) is 1.35. The monoisotopic (exact) mass is 444 g/mol. The number of benzene rings is 1. The largest absolute Gasteiger partial charge is 0.463 e. The summed E-state index contributed by atoms with van der Waals surface area (Å²) < 4.78 is 10.3. The average molecular weight is 445 g/mol. The van der Waals surface area contributed by atoms with Crippen LogP contribution in [0.3, 0.4) is 0 Å². The lowest BCUT2D eigenvalue weighted by Crippen LogP contribution is -2.37. The molecule has 0 saturated carbocycles.